The monoisotopic (exact) mass is 222 g/mol. The van der Waals surface area contributed by atoms with Crippen molar-refractivity contribution < 1.29 is 4.74 Å². The zero-order chi connectivity index (χ0) is 11.8. The number of ether oxygens (including phenoxy) is 1. The predicted molar refractivity (Wildman–Crippen MR) is 66.8 cm³/mol. The van der Waals surface area contributed by atoms with Crippen LogP contribution in [0.1, 0.15) is 37.4 Å². The van der Waals surface area contributed by atoms with Crippen LogP contribution in [0.5, 0.6) is 5.88 Å². The van der Waals surface area contributed by atoms with Crippen molar-refractivity contribution >= 4 is 0 Å². The summed E-state index contributed by atoms with van der Waals surface area (Å²) in [5.41, 5.74) is 2.23. The minimum absolute atomic E-state index is 0.751. The normalized spacial score (nSPS) is 10.4. The van der Waals surface area contributed by atoms with Gasteiger partial charge in [-0.05, 0) is 32.0 Å². The van der Waals surface area contributed by atoms with Crippen LogP contribution in [-0.2, 0) is 6.54 Å². The summed E-state index contributed by atoms with van der Waals surface area (Å²) >= 11 is 0. The van der Waals surface area contributed by atoms with Gasteiger partial charge in [-0.3, -0.25) is 0 Å². The summed E-state index contributed by atoms with van der Waals surface area (Å²) in [6.07, 6.45) is 3.54. The standard InChI is InChI=1S/C13H22N2O/c1-4-5-6-7-16-13-9-12(10-14-3)8-11(2)15-13/h8-9,14H,4-7,10H2,1-3H3. The zero-order valence-corrected chi connectivity index (χ0v) is 10.5. The lowest BCUT2D eigenvalue weighted by molar-refractivity contribution is 0.294. The highest BCUT2D eigenvalue weighted by atomic mass is 16.5. The van der Waals surface area contributed by atoms with Gasteiger partial charge < -0.3 is 10.1 Å². The molecule has 0 aromatic carbocycles. The number of pyridine rings is 1. The van der Waals surface area contributed by atoms with E-state index in [9.17, 15) is 0 Å². The first-order chi connectivity index (χ1) is 7.76. The minimum atomic E-state index is 0.751. The van der Waals surface area contributed by atoms with Gasteiger partial charge in [0.15, 0.2) is 0 Å². The van der Waals surface area contributed by atoms with Crippen molar-refractivity contribution in [2.75, 3.05) is 13.7 Å². The first-order valence-electron chi connectivity index (χ1n) is 6.01. The Bertz CT molecular complexity index is 313. The molecule has 0 amide bonds. The van der Waals surface area contributed by atoms with Crippen LogP contribution in [-0.4, -0.2) is 18.6 Å². The van der Waals surface area contributed by atoms with E-state index < -0.39 is 0 Å². The molecule has 0 unspecified atom stereocenters. The van der Waals surface area contributed by atoms with Crippen molar-refractivity contribution in [3.63, 3.8) is 0 Å². The zero-order valence-electron chi connectivity index (χ0n) is 10.5. The maximum atomic E-state index is 5.64. The number of aryl methyl sites for hydroxylation is 1. The van der Waals surface area contributed by atoms with Crippen LogP contribution in [0.2, 0.25) is 0 Å². The van der Waals surface area contributed by atoms with Crippen molar-refractivity contribution in [1.82, 2.24) is 10.3 Å². The number of hydrogen-bond acceptors (Lipinski definition) is 3. The van der Waals surface area contributed by atoms with Crippen molar-refractivity contribution in [2.45, 2.75) is 39.7 Å². The Kier molecular flexibility index (Phi) is 5.86. The van der Waals surface area contributed by atoms with Gasteiger partial charge in [0.2, 0.25) is 5.88 Å². The molecule has 0 saturated heterocycles. The number of aromatic nitrogens is 1. The topological polar surface area (TPSA) is 34.1 Å². The molecule has 1 N–H and O–H groups in total. The van der Waals surface area contributed by atoms with Gasteiger partial charge in [0.25, 0.3) is 0 Å². The molecule has 3 nitrogen and oxygen atoms in total. The lowest BCUT2D eigenvalue weighted by atomic mass is 10.2. The van der Waals surface area contributed by atoms with E-state index in [0.717, 1.165) is 31.1 Å². The molecule has 90 valence electrons. The molecule has 1 rings (SSSR count). The van der Waals surface area contributed by atoms with Gasteiger partial charge in [-0.25, -0.2) is 4.98 Å². The molecule has 1 aromatic rings. The van der Waals surface area contributed by atoms with E-state index in [4.69, 9.17) is 4.74 Å². The third-order valence-electron chi connectivity index (χ3n) is 2.37. The largest absolute Gasteiger partial charge is 0.478 e. The summed E-state index contributed by atoms with van der Waals surface area (Å²) in [6.45, 7) is 5.81. The first kappa shape index (κ1) is 13.0. The second kappa shape index (κ2) is 7.23. The number of unbranched alkanes of at least 4 members (excludes halogenated alkanes) is 2. The molecule has 1 heterocycles. The van der Waals surface area contributed by atoms with E-state index in [1.165, 1.54) is 18.4 Å². The fourth-order valence-electron chi connectivity index (χ4n) is 1.62. The first-order valence-corrected chi connectivity index (χ1v) is 6.01. The maximum Gasteiger partial charge on any atom is 0.213 e. The number of nitrogens with one attached hydrogen (secondary N) is 1. The molecule has 0 atom stereocenters. The van der Waals surface area contributed by atoms with Gasteiger partial charge in [0.1, 0.15) is 0 Å². The highest BCUT2D eigenvalue weighted by molar-refractivity contribution is 5.24. The maximum absolute atomic E-state index is 5.64. The summed E-state index contributed by atoms with van der Waals surface area (Å²) in [6, 6.07) is 4.09. The van der Waals surface area contributed by atoms with Crippen LogP contribution in [0.25, 0.3) is 0 Å². The molecule has 0 spiro atoms. The SMILES string of the molecule is CCCCCOc1cc(CNC)cc(C)n1. The third-order valence-corrected chi connectivity index (χ3v) is 2.37. The van der Waals surface area contributed by atoms with Crippen molar-refractivity contribution in [1.29, 1.82) is 0 Å². The summed E-state index contributed by atoms with van der Waals surface area (Å²) in [5, 5.41) is 3.13. The van der Waals surface area contributed by atoms with Crippen LogP contribution in [0.4, 0.5) is 0 Å². The molecule has 0 fully saturated rings. The van der Waals surface area contributed by atoms with Crippen LogP contribution >= 0.6 is 0 Å². The molecular weight excluding hydrogens is 200 g/mol. The Morgan fingerprint density at radius 2 is 2.12 bits per heavy atom. The fourth-order valence-corrected chi connectivity index (χ4v) is 1.62. The van der Waals surface area contributed by atoms with Gasteiger partial charge in [0, 0.05) is 18.3 Å². The van der Waals surface area contributed by atoms with E-state index >= 15 is 0 Å². The Morgan fingerprint density at radius 1 is 1.31 bits per heavy atom. The van der Waals surface area contributed by atoms with Gasteiger partial charge in [0.05, 0.1) is 6.61 Å². The number of hydrogen-bond donors (Lipinski definition) is 1. The molecular formula is C13H22N2O. The number of nitrogens with zero attached hydrogens (tertiary/aromatic N) is 1. The summed E-state index contributed by atoms with van der Waals surface area (Å²) in [5.74, 6) is 0.751. The van der Waals surface area contributed by atoms with E-state index in [1.807, 2.05) is 20.0 Å². The molecule has 1 aromatic heterocycles. The lowest BCUT2D eigenvalue weighted by Gasteiger charge is -2.08. The van der Waals surface area contributed by atoms with Crippen LogP contribution in [0.15, 0.2) is 12.1 Å². The Hall–Kier alpha value is -1.09. The molecule has 16 heavy (non-hydrogen) atoms. The quantitative estimate of drug-likeness (QED) is 0.720. The van der Waals surface area contributed by atoms with E-state index in [1.54, 1.807) is 0 Å². The van der Waals surface area contributed by atoms with E-state index in [2.05, 4.69) is 23.3 Å². The predicted octanol–water partition coefficient (Wildman–Crippen LogP) is 2.68. The van der Waals surface area contributed by atoms with Gasteiger partial charge in [-0.15, -0.1) is 0 Å². The average molecular weight is 222 g/mol. The summed E-state index contributed by atoms with van der Waals surface area (Å²) in [7, 11) is 1.94. The van der Waals surface area contributed by atoms with Crippen LogP contribution < -0.4 is 10.1 Å². The van der Waals surface area contributed by atoms with E-state index in [0.29, 0.717) is 0 Å². The van der Waals surface area contributed by atoms with Crippen molar-refractivity contribution in [3.05, 3.63) is 23.4 Å². The van der Waals surface area contributed by atoms with Gasteiger partial charge >= 0.3 is 0 Å². The molecule has 0 bridgehead atoms. The summed E-state index contributed by atoms with van der Waals surface area (Å²) < 4.78 is 5.64. The molecule has 3 heteroatoms. The molecule has 0 saturated carbocycles. The Morgan fingerprint density at radius 3 is 2.81 bits per heavy atom. The van der Waals surface area contributed by atoms with Crippen LogP contribution in [0.3, 0.4) is 0 Å². The van der Waals surface area contributed by atoms with Crippen molar-refractivity contribution in [3.8, 4) is 5.88 Å². The number of rotatable bonds is 7. The molecule has 0 radical (unpaired) electrons. The average Bonchev–Trinajstić information content (AvgIpc) is 2.24. The Labute approximate surface area is 98.2 Å². The second-order valence-corrected chi connectivity index (χ2v) is 4.04. The molecule has 0 aliphatic rings. The Balaban J connectivity index is 2.51. The third kappa shape index (κ3) is 4.62. The lowest BCUT2D eigenvalue weighted by Crippen LogP contribution is -2.07. The highest BCUT2D eigenvalue weighted by Gasteiger charge is 2.00. The minimum Gasteiger partial charge on any atom is -0.478 e. The summed E-state index contributed by atoms with van der Waals surface area (Å²) in [4.78, 5) is 4.36. The van der Waals surface area contributed by atoms with Gasteiger partial charge in [-0.2, -0.15) is 0 Å². The van der Waals surface area contributed by atoms with Crippen LogP contribution in [0, 0.1) is 6.92 Å². The van der Waals surface area contributed by atoms with Crippen molar-refractivity contribution in [2.24, 2.45) is 0 Å². The second-order valence-electron chi connectivity index (χ2n) is 4.04. The van der Waals surface area contributed by atoms with E-state index in [-0.39, 0.29) is 0 Å². The smallest absolute Gasteiger partial charge is 0.213 e. The fraction of sp³-hybridized carbons (Fsp3) is 0.615. The highest BCUT2D eigenvalue weighted by Crippen LogP contribution is 2.12. The molecule has 0 aliphatic carbocycles. The van der Waals surface area contributed by atoms with Gasteiger partial charge in [-0.1, -0.05) is 19.8 Å². The molecule has 0 aliphatic heterocycles.